The zero-order valence-electron chi connectivity index (χ0n) is 13.7. The Morgan fingerprint density at radius 1 is 1.24 bits per heavy atom. The van der Waals surface area contributed by atoms with Crippen LogP contribution in [0.1, 0.15) is 51.5 Å². The van der Waals surface area contributed by atoms with E-state index >= 15 is 0 Å². The Labute approximate surface area is 129 Å². The molecule has 0 saturated heterocycles. The summed E-state index contributed by atoms with van der Waals surface area (Å²) >= 11 is 0. The molecule has 0 unspecified atom stereocenters. The van der Waals surface area contributed by atoms with Crippen molar-refractivity contribution in [3.8, 4) is 5.75 Å². The molecular weight excluding hydrogens is 262 g/mol. The lowest BCUT2D eigenvalue weighted by Crippen LogP contribution is -2.29. The van der Waals surface area contributed by atoms with E-state index in [4.69, 9.17) is 4.74 Å². The summed E-state index contributed by atoms with van der Waals surface area (Å²) in [6.07, 6.45) is 6.16. The van der Waals surface area contributed by atoms with Crippen molar-refractivity contribution in [1.82, 2.24) is 5.32 Å². The Bertz CT molecular complexity index is 400. The Balaban J connectivity index is 2.26. The SMILES string of the molecule is CCCC[C@@H](CC)CNC(=O)CCc1ccc(OC)cc1. The first-order valence-corrected chi connectivity index (χ1v) is 8.09. The fourth-order valence-electron chi connectivity index (χ4n) is 2.34. The van der Waals surface area contributed by atoms with Crippen LogP contribution in [0.25, 0.3) is 0 Å². The molecule has 1 amide bonds. The highest BCUT2D eigenvalue weighted by Crippen LogP contribution is 2.13. The Morgan fingerprint density at radius 3 is 2.52 bits per heavy atom. The molecule has 0 bridgehead atoms. The van der Waals surface area contributed by atoms with Crippen LogP contribution in [0.2, 0.25) is 0 Å². The summed E-state index contributed by atoms with van der Waals surface area (Å²) in [5.41, 5.74) is 1.17. The number of nitrogens with one attached hydrogen (secondary N) is 1. The van der Waals surface area contributed by atoms with E-state index < -0.39 is 0 Å². The molecule has 0 spiro atoms. The fraction of sp³-hybridized carbons (Fsp3) is 0.611. The van der Waals surface area contributed by atoms with Gasteiger partial charge in [0, 0.05) is 13.0 Å². The number of methoxy groups -OCH3 is 1. The second-order valence-electron chi connectivity index (χ2n) is 5.57. The maximum Gasteiger partial charge on any atom is 0.220 e. The van der Waals surface area contributed by atoms with E-state index in [-0.39, 0.29) is 5.91 Å². The van der Waals surface area contributed by atoms with E-state index in [0.717, 1.165) is 25.1 Å². The molecule has 0 aliphatic carbocycles. The molecule has 0 aliphatic heterocycles. The minimum absolute atomic E-state index is 0.153. The number of hydrogen-bond acceptors (Lipinski definition) is 2. The number of aryl methyl sites for hydroxylation is 1. The Hall–Kier alpha value is -1.51. The molecule has 0 saturated carbocycles. The molecule has 0 aliphatic rings. The average Bonchev–Trinajstić information content (AvgIpc) is 2.53. The second-order valence-corrected chi connectivity index (χ2v) is 5.57. The predicted molar refractivity (Wildman–Crippen MR) is 87.6 cm³/mol. The number of hydrogen-bond donors (Lipinski definition) is 1. The molecule has 3 heteroatoms. The van der Waals surface area contributed by atoms with E-state index in [1.54, 1.807) is 7.11 Å². The monoisotopic (exact) mass is 291 g/mol. The lowest BCUT2D eigenvalue weighted by Gasteiger charge is -2.15. The fourth-order valence-corrected chi connectivity index (χ4v) is 2.34. The molecular formula is C18H29NO2. The summed E-state index contributed by atoms with van der Waals surface area (Å²) in [4.78, 5) is 11.9. The number of benzene rings is 1. The minimum atomic E-state index is 0.153. The van der Waals surface area contributed by atoms with Crippen LogP contribution in [-0.2, 0) is 11.2 Å². The highest BCUT2D eigenvalue weighted by molar-refractivity contribution is 5.76. The number of amides is 1. The van der Waals surface area contributed by atoms with Crippen LogP contribution in [0, 0.1) is 5.92 Å². The molecule has 1 aromatic rings. The summed E-state index contributed by atoms with van der Waals surface area (Å²) in [6, 6.07) is 7.90. The van der Waals surface area contributed by atoms with Gasteiger partial charge in [-0.25, -0.2) is 0 Å². The van der Waals surface area contributed by atoms with Gasteiger partial charge in [0.25, 0.3) is 0 Å². The van der Waals surface area contributed by atoms with Gasteiger partial charge in [-0.2, -0.15) is 0 Å². The summed E-state index contributed by atoms with van der Waals surface area (Å²) in [6.45, 7) is 5.22. The van der Waals surface area contributed by atoms with Crippen molar-refractivity contribution in [2.75, 3.05) is 13.7 Å². The van der Waals surface area contributed by atoms with Gasteiger partial charge in [0.2, 0.25) is 5.91 Å². The van der Waals surface area contributed by atoms with Gasteiger partial charge in [0.1, 0.15) is 5.75 Å². The maximum atomic E-state index is 11.9. The standard InChI is InChI=1S/C18H29NO2/c1-4-6-7-15(5-2)14-19-18(20)13-10-16-8-11-17(21-3)12-9-16/h8-9,11-12,15H,4-7,10,13-14H2,1-3H3,(H,19,20)/t15-/m1/s1. The largest absolute Gasteiger partial charge is 0.497 e. The number of carbonyl (C=O) groups is 1. The van der Waals surface area contributed by atoms with Crippen LogP contribution in [-0.4, -0.2) is 19.6 Å². The molecule has 1 aromatic carbocycles. The van der Waals surface area contributed by atoms with Crippen molar-refractivity contribution in [2.45, 2.75) is 52.4 Å². The normalized spacial score (nSPS) is 12.0. The maximum absolute atomic E-state index is 11.9. The first-order chi connectivity index (χ1) is 10.2. The molecule has 0 fully saturated rings. The van der Waals surface area contributed by atoms with Crippen LogP contribution >= 0.6 is 0 Å². The first-order valence-electron chi connectivity index (χ1n) is 8.09. The third-order valence-electron chi connectivity index (χ3n) is 3.93. The van der Waals surface area contributed by atoms with Crippen molar-refractivity contribution < 1.29 is 9.53 Å². The zero-order valence-corrected chi connectivity index (χ0v) is 13.7. The van der Waals surface area contributed by atoms with E-state index in [2.05, 4.69) is 19.2 Å². The van der Waals surface area contributed by atoms with Crippen LogP contribution in [0.3, 0.4) is 0 Å². The molecule has 118 valence electrons. The van der Waals surface area contributed by atoms with Gasteiger partial charge in [0.05, 0.1) is 7.11 Å². The topological polar surface area (TPSA) is 38.3 Å². The lowest BCUT2D eigenvalue weighted by molar-refractivity contribution is -0.121. The quantitative estimate of drug-likeness (QED) is 0.708. The third kappa shape index (κ3) is 7.16. The van der Waals surface area contributed by atoms with Gasteiger partial charge in [-0.15, -0.1) is 0 Å². The number of ether oxygens (including phenoxy) is 1. The van der Waals surface area contributed by atoms with Crippen molar-refractivity contribution >= 4 is 5.91 Å². The smallest absolute Gasteiger partial charge is 0.220 e. The number of unbranched alkanes of at least 4 members (excludes halogenated alkanes) is 1. The number of rotatable bonds is 10. The molecule has 21 heavy (non-hydrogen) atoms. The van der Waals surface area contributed by atoms with Gasteiger partial charge in [-0.3, -0.25) is 4.79 Å². The molecule has 1 atom stereocenters. The van der Waals surface area contributed by atoms with Crippen LogP contribution < -0.4 is 10.1 Å². The summed E-state index contributed by atoms with van der Waals surface area (Å²) in [7, 11) is 1.66. The summed E-state index contributed by atoms with van der Waals surface area (Å²) in [5.74, 6) is 1.63. The first kappa shape index (κ1) is 17.5. The van der Waals surface area contributed by atoms with E-state index in [0.29, 0.717) is 12.3 Å². The van der Waals surface area contributed by atoms with Crippen LogP contribution in [0.5, 0.6) is 5.75 Å². The van der Waals surface area contributed by atoms with Gasteiger partial charge in [-0.1, -0.05) is 45.2 Å². The zero-order chi connectivity index (χ0) is 15.5. The van der Waals surface area contributed by atoms with Crippen molar-refractivity contribution in [2.24, 2.45) is 5.92 Å². The molecule has 3 nitrogen and oxygen atoms in total. The minimum Gasteiger partial charge on any atom is -0.497 e. The van der Waals surface area contributed by atoms with Gasteiger partial charge < -0.3 is 10.1 Å². The van der Waals surface area contributed by atoms with Crippen molar-refractivity contribution in [1.29, 1.82) is 0 Å². The third-order valence-corrected chi connectivity index (χ3v) is 3.93. The Morgan fingerprint density at radius 2 is 1.95 bits per heavy atom. The van der Waals surface area contributed by atoms with Gasteiger partial charge in [-0.05, 0) is 36.5 Å². The Kier molecular flexibility index (Phi) is 8.56. The van der Waals surface area contributed by atoms with E-state index in [1.165, 1.54) is 24.8 Å². The molecule has 0 heterocycles. The van der Waals surface area contributed by atoms with Gasteiger partial charge in [0.15, 0.2) is 0 Å². The average molecular weight is 291 g/mol. The predicted octanol–water partition coefficient (Wildman–Crippen LogP) is 3.96. The van der Waals surface area contributed by atoms with Crippen LogP contribution in [0.4, 0.5) is 0 Å². The molecule has 0 aromatic heterocycles. The number of carbonyl (C=O) groups excluding carboxylic acids is 1. The van der Waals surface area contributed by atoms with E-state index in [9.17, 15) is 4.79 Å². The van der Waals surface area contributed by atoms with Crippen LogP contribution in [0.15, 0.2) is 24.3 Å². The molecule has 0 radical (unpaired) electrons. The van der Waals surface area contributed by atoms with Crippen molar-refractivity contribution in [3.63, 3.8) is 0 Å². The highest BCUT2D eigenvalue weighted by Gasteiger charge is 2.08. The summed E-state index contributed by atoms with van der Waals surface area (Å²) < 4.78 is 5.12. The second kappa shape index (κ2) is 10.3. The van der Waals surface area contributed by atoms with E-state index in [1.807, 2.05) is 24.3 Å². The van der Waals surface area contributed by atoms with Crippen molar-refractivity contribution in [3.05, 3.63) is 29.8 Å². The molecule has 1 N–H and O–H groups in total. The van der Waals surface area contributed by atoms with Gasteiger partial charge >= 0.3 is 0 Å². The lowest BCUT2D eigenvalue weighted by atomic mass is 9.99. The highest BCUT2D eigenvalue weighted by atomic mass is 16.5. The molecule has 1 rings (SSSR count). The summed E-state index contributed by atoms with van der Waals surface area (Å²) in [5, 5.41) is 3.07.